The van der Waals surface area contributed by atoms with Gasteiger partial charge in [-0.15, -0.1) is 0 Å². The number of rotatable bonds is 6. The first-order valence-electron chi connectivity index (χ1n) is 7.13. The zero-order chi connectivity index (χ0) is 13.7. The summed E-state index contributed by atoms with van der Waals surface area (Å²) in [4.78, 5) is 13.1. The molecule has 1 N–H and O–H groups in total. The number of aryl methyl sites for hydroxylation is 1. The van der Waals surface area contributed by atoms with E-state index < -0.39 is 5.97 Å². The standard InChI is InChI=1S/C14H23N3O2/c1-2-5-17-11-13(8-15-17)10-16-6-3-4-12(9-16)7-14(18)19/h8,11-12H,2-7,9-10H2,1H3,(H,18,19). The van der Waals surface area contributed by atoms with Gasteiger partial charge in [-0.05, 0) is 31.7 Å². The van der Waals surface area contributed by atoms with Crippen molar-refractivity contribution in [1.82, 2.24) is 14.7 Å². The van der Waals surface area contributed by atoms with Gasteiger partial charge in [0.05, 0.1) is 6.20 Å². The molecule has 5 nitrogen and oxygen atoms in total. The van der Waals surface area contributed by atoms with Crippen molar-refractivity contribution in [2.24, 2.45) is 5.92 Å². The molecule has 0 radical (unpaired) electrons. The van der Waals surface area contributed by atoms with E-state index in [1.165, 1.54) is 5.56 Å². The highest BCUT2D eigenvalue weighted by Gasteiger charge is 2.22. The minimum Gasteiger partial charge on any atom is -0.481 e. The van der Waals surface area contributed by atoms with Crippen LogP contribution in [-0.2, 0) is 17.9 Å². The van der Waals surface area contributed by atoms with Crippen LogP contribution in [0.3, 0.4) is 0 Å². The molecule has 2 rings (SSSR count). The topological polar surface area (TPSA) is 58.4 Å². The number of nitrogens with zero attached hydrogens (tertiary/aromatic N) is 3. The van der Waals surface area contributed by atoms with E-state index in [1.54, 1.807) is 0 Å². The molecule has 1 fully saturated rings. The number of carbonyl (C=O) groups is 1. The quantitative estimate of drug-likeness (QED) is 0.854. The first-order chi connectivity index (χ1) is 9.17. The third-order valence-corrected chi connectivity index (χ3v) is 3.61. The second-order valence-corrected chi connectivity index (χ2v) is 5.45. The molecule has 2 heterocycles. The summed E-state index contributed by atoms with van der Waals surface area (Å²) in [5.74, 6) is -0.375. The Bertz CT molecular complexity index is 417. The van der Waals surface area contributed by atoms with Crippen LogP contribution >= 0.6 is 0 Å². The van der Waals surface area contributed by atoms with E-state index in [0.29, 0.717) is 12.3 Å². The second kappa shape index (κ2) is 6.70. The monoisotopic (exact) mass is 265 g/mol. The number of aromatic nitrogens is 2. The molecule has 1 unspecified atom stereocenters. The van der Waals surface area contributed by atoms with Gasteiger partial charge in [-0.2, -0.15) is 5.10 Å². The summed E-state index contributed by atoms with van der Waals surface area (Å²) < 4.78 is 1.98. The van der Waals surface area contributed by atoms with Crippen LogP contribution in [0.2, 0.25) is 0 Å². The highest BCUT2D eigenvalue weighted by atomic mass is 16.4. The molecular weight excluding hydrogens is 242 g/mol. The zero-order valence-corrected chi connectivity index (χ0v) is 11.6. The van der Waals surface area contributed by atoms with Gasteiger partial charge in [-0.3, -0.25) is 14.4 Å². The van der Waals surface area contributed by atoms with Gasteiger partial charge in [0.1, 0.15) is 0 Å². The van der Waals surface area contributed by atoms with E-state index in [9.17, 15) is 4.79 Å². The minimum absolute atomic E-state index is 0.297. The van der Waals surface area contributed by atoms with E-state index in [2.05, 4.69) is 23.1 Å². The molecule has 0 aromatic carbocycles. The van der Waals surface area contributed by atoms with E-state index in [-0.39, 0.29) is 0 Å². The molecule has 1 aromatic heterocycles. The Morgan fingerprint density at radius 2 is 2.42 bits per heavy atom. The summed E-state index contributed by atoms with van der Waals surface area (Å²) in [7, 11) is 0. The Labute approximate surface area is 114 Å². The molecule has 0 bridgehead atoms. The van der Waals surface area contributed by atoms with Crippen molar-refractivity contribution in [3.8, 4) is 0 Å². The van der Waals surface area contributed by atoms with Crippen LogP contribution in [0.25, 0.3) is 0 Å². The van der Waals surface area contributed by atoms with Gasteiger partial charge in [0, 0.05) is 37.8 Å². The first kappa shape index (κ1) is 14.1. The Balaban J connectivity index is 1.85. The van der Waals surface area contributed by atoms with Crippen molar-refractivity contribution in [2.45, 2.75) is 45.7 Å². The summed E-state index contributed by atoms with van der Waals surface area (Å²) >= 11 is 0. The number of hydrogen-bond acceptors (Lipinski definition) is 3. The molecule has 1 aliphatic rings. The molecule has 1 aromatic rings. The molecule has 19 heavy (non-hydrogen) atoms. The van der Waals surface area contributed by atoms with Crippen molar-refractivity contribution in [1.29, 1.82) is 0 Å². The van der Waals surface area contributed by atoms with Crippen molar-refractivity contribution >= 4 is 5.97 Å². The van der Waals surface area contributed by atoms with Crippen LogP contribution in [0.15, 0.2) is 12.4 Å². The molecule has 0 amide bonds. The van der Waals surface area contributed by atoms with Crippen molar-refractivity contribution in [2.75, 3.05) is 13.1 Å². The second-order valence-electron chi connectivity index (χ2n) is 5.45. The van der Waals surface area contributed by atoms with E-state index in [1.807, 2.05) is 10.9 Å². The fourth-order valence-electron chi connectivity index (χ4n) is 2.81. The van der Waals surface area contributed by atoms with Gasteiger partial charge in [0.2, 0.25) is 0 Å². The largest absolute Gasteiger partial charge is 0.481 e. The fourth-order valence-corrected chi connectivity index (χ4v) is 2.81. The lowest BCUT2D eigenvalue weighted by Crippen LogP contribution is -2.35. The SMILES string of the molecule is CCCn1cc(CN2CCCC(CC(=O)O)C2)cn1. The minimum atomic E-state index is -0.678. The maximum absolute atomic E-state index is 10.8. The van der Waals surface area contributed by atoms with Gasteiger partial charge in [0.15, 0.2) is 0 Å². The van der Waals surface area contributed by atoms with E-state index in [4.69, 9.17) is 5.11 Å². The highest BCUT2D eigenvalue weighted by Crippen LogP contribution is 2.21. The third-order valence-electron chi connectivity index (χ3n) is 3.61. The van der Waals surface area contributed by atoms with Gasteiger partial charge >= 0.3 is 5.97 Å². The first-order valence-corrected chi connectivity index (χ1v) is 7.13. The summed E-state index contributed by atoms with van der Waals surface area (Å²) in [5, 5.41) is 13.2. The van der Waals surface area contributed by atoms with Crippen LogP contribution in [0, 0.1) is 5.92 Å². The fraction of sp³-hybridized carbons (Fsp3) is 0.714. The average molecular weight is 265 g/mol. The normalized spacial score (nSPS) is 20.6. The smallest absolute Gasteiger partial charge is 0.303 e. The third kappa shape index (κ3) is 4.35. The molecule has 0 aliphatic carbocycles. The lowest BCUT2D eigenvalue weighted by Gasteiger charge is -2.31. The van der Waals surface area contributed by atoms with Crippen LogP contribution in [0.1, 0.15) is 38.2 Å². The van der Waals surface area contributed by atoms with Crippen LogP contribution < -0.4 is 0 Å². The van der Waals surface area contributed by atoms with Crippen LogP contribution in [0.5, 0.6) is 0 Å². The number of aliphatic carboxylic acids is 1. The Hall–Kier alpha value is -1.36. The predicted octanol–water partition coefficient (Wildman–Crippen LogP) is 1.98. The van der Waals surface area contributed by atoms with Gasteiger partial charge in [0.25, 0.3) is 0 Å². The summed E-state index contributed by atoms with van der Waals surface area (Å²) in [6.45, 7) is 5.95. The Morgan fingerprint density at radius 1 is 1.58 bits per heavy atom. The molecule has 0 spiro atoms. The maximum Gasteiger partial charge on any atom is 0.303 e. The zero-order valence-electron chi connectivity index (χ0n) is 11.6. The van der Waals surface area contributed by atoms with Gasteiger partial charge < -0.3 is 5.11 Å². The maximum atomic E-state index is 10.8. The Kier molecular flexibility index (Phi) is 4.96. The molecule has 1 saturated heterocycles. The number of likely N-dealkylation sites (tertiary alicyclic amines) is 1. The summed E-state index contributed by atoms with van der Waals surface area (Å²) in [5.41, 5.74) is 1.23. The van der Waals surface area contributed by atoms with Crippen molar-refractivity contribution in [3.63, 3.8) is 0 Å². The van der Waals surface area contributed by atoms with Crippen LogP contribution in [0.4, 0.5) is 0 Å². The number of hydrogen-bond donors (Lipinski definition) is 1. The molecule has 1 atom stereocenters. The molecule has 106 valence electrons. The van der Waals surface area contributed by atoms with E-state index in [0.717, 1.165) is 45.4 Å². The van der Waals surface area contributed by atoms with Crippen molar-refractivity contribution < 1.29 is 9.90 Å². The molecular formula is C14H23N3O2. The Morgan fingerprint density at radius 3 is 3.16 bits per heavy atom. The lowest BCUT2D eigenvalue weighted by molar-refractivity contribution is -0.138. The van der Waals surface area contributed by atoms with Crippen molar-refractivity contribution in [3.05, 3.63) is 18.0 Å². The lowest BCUT2D eigenvalue weighted by atomic mass is 9.95. The van der Waals surface area contributed by atoms with Crippen LogP contribution in [-0.4, -0.2) is 38.8 Å². The molecule has 0 saturated carbocycles. The average Bonchev–Trinajstić information content (AvgIpc) is 2.76. The number of piperidine rings is 1. The van der Waals surface area contributed by atoms with Gasteiger partial charge in [-0.25, -0.2) is 0 Å². The summed E-state index contributed by atoms with van der Waals surface area (Å²) in [6, 6.07) is 0. The van der Waals surface area contributed by atoms with Gasteiger partial charge in [-0.1, -0.05) is 6.92 Å². The molecule has 1 aliphatic heterocycles. The number of carboxylic acids is 1. The van der Waals surface area contributed by atoms with E-state index >= 15 is 0 Å². The highest BCUT2D eigenvalue weighted by molar-refractivity contribution is 5.67. The number of carboxylic acid groups (broad SMARTS) is 1. The summed E-state index contributed by atoms with van der Waals surface area (Å²) in [6.07, 6.45) is 7.55. The molecule has 5 heteroatoms. The predicted molar refractivity (Wildman–Crippen MR) is 72.8 cm³/mol.